The van der Waals surface area contributed by atoms with Crippen LogP contribution in [-0.4, -0.2) is 7.11 Å². The molecule has 2 rings (SSSR count). The van der Waals surface area contributed by atoms with E-state index >= 15 is 0 Å². The van der Waals surface area contributed by atoms with Crippen LogP contribution in [0, 0.1) is 5.82 Å². The maximum absolute atomic E-state index is 13.0. The van der Waals surface area contributed by atoms with Gasteiger partial charge in [0.2, 0.25) is 0 Å². The second-order valence-electron chi connectivity index (χ2n) is 4.11. The van der Waals surface area contributed by atoms with Crippen LogP contribution >= 0.6 is 0 Å². The van der Waals surface area contributed by atoms with E-state index in [0.29, 0.717) is 13.2 Å². The van der Waals surface area contributed by atoms with Crippen molar-refractivity contribution in [2.75, 3.05) is 12.4 Å². The van der Waals surface area contributed by atoms with E-state index in [0.717, 1.165) is 16.8 Å². The highest BCUT2D eigenvalue weighted by Crippen LogP contribution is 2.12. The lowest BCUT2D eigenvalue weighted by Gasteiger charge is -2.07. The average molecular weight is 245 g/mol. The Bertz CT molecular complexity index is 496. The van der Waals surface area contributed by atoms with Gasteiger partial charge in [0.15, 0.2) is 0 Å². The first-order valence-corrected chi connectivity index (χ1v) is 5.84. The lowest BCUT2D eigenvalue weighted by Crippen LogP contribution is -1.99. The lowest BCUT2D eigenvalue weighted by molar-refractivity contribution is 0.185. The molecular formula is C15H16FNO. The molecule has 0 saturated carbocycles. The molecule has 0 radical (unpaired) electrons. The molecule has 0 amide bonds. The molecule has 0 atom stereocenters. The molecule has 0 aliphatic heterocycles. The number of methoxy groups -OCH3 is 1. The Morgan fingerprint density at radius 1 is 1.06 bits per heavy atom. The maximum Gasteiger partial charge on any atom is 0.125 e. The first-order valence-electron chi connectivity index (χ1n) is 5.84. The fraction of sp³-hybridized carbons (Fsp3) is 0.200. The Morgan fingerprint density at radius 2 is 1.78 bits per heavy atom. The summed E-state index contributed by atoms with van der Waals surface area (Å²) in [4.78, 5) is 0. The minimum Gasteiger partial charge on any atom is -0.381 e. The van der Waals surface area contributed by atoms with Crippen molar-refractivity contribution >= 4 is 5.69 Å². The smallest absolute Gasteiger partial charge is 0.125 e. The first kappa shape index (κ1) is 12.6. The van der Waals surface area contributed by atoms with Crippen LogP contribution in [0.5, 0.6) is 0 Å². The molecule has 18 heavy (non-hydrogen) atoms. The molecule has 0 heterocycles. The van der Waals surface area contributed by atoms with Crippen LogP contribution in [0.1, 0.15) is 11.1 Å². The minimum atomic E-state index is -0.226. The third kappa shape index (κ3) is 3.57. The zero-order valence-electron chi connectivity index (χ0n) is 10.3. The van der Waals surface area contributed by atoms with E-state index in [1.807, 2.05) is 30.3 Å². The Morgan fingerprint density at radius 3 is 2.44 bits per heavy atom. The monoisotopic (exact) mass is 245 g/mol. The topological polar surface area (TPSA) is 21.3 Å². The number of ether oxygens (including phenoxy) is 1. The van der Waals surface area contributed by atoms with E-state index in [2.05, 4.69) is 5.32 Å². The van der Waals surface area contributed by atoms with Gasteiger partial charge in [0.25, 0.3) is 0 Å². The fourth-order valence-electron chi connectivity index (χ4n) is 1.72. The van der Waals surface area contributed by atoms with Gasteiger partial charge in [-0.05, 0) is 29.3 Å². The van der Waals surface area contributed by atoms with Crippen molar-refractivity contribution in [2.24, 2.45) is 0 Å². The second kappa shape index (κ2) is 6.17. The lowest BCUT2D eigenvalue weighted by atomic mass is 10.1. The molecule has 0 aliphatic rings. The molecule has 0 aromatic heterocycles. The summed E-state index contributed by atoms with van der Waals surface area (Å²) < 4.78 is 18.0. The van der Waals surface area contributed by atoms with Crippen LogP contribution in [0.25, 0.3) is 0 Å². The van der Waals surface area contributed by atoms with Crippen molar-refractivity contribution in [3.8, 4) is 0 Å². The summed E-state index contributed by atoms with van der Waals surface area (Å²) in [6.07, 6.45) is 0. The highest BCUT2D eigenvalue weighted by atomic mass is 19.1. The van der Waals surface area contributed by atoms with Gasteiger partial charge >= 0.3 is 0 Å². The number of hydrogen-bond acceptors (Lipinski definition) is 2. The third-order valence-electron chi connectivity index (χ3n) is 2.66. The van der Waals surface area contributed by atoms with Crippen LogP contribution in [0.2, 0.25) is 0 Å². The van der Waals surface area contributed by atoms with Crippen molar-refractivity contribution in [2.45, 2.75) is 13.2 Å². The SMILES string of the molecule is COCc1ccc(CNc2cccc(F)c2)cc1. The fourth-order valence-corrected chi connectivity index (χ4v) is 1.72. The molecule has 0 aliphatic carbocycles. The molecule has 2 nitrogen and oxygen atoms in total. The second-order valence-corrected chi connectivity index (χ2v) is 4.11. The van der Waals surface area contributed by atoms with Crippen molar-refractivity contribution < 1.29 is 9.13 Å². The van der Waals surface area contributed by atoms with E-state index in [4.69, 9.17) is 4.74 Å². The highest BCUT2D eigenvalue weighted by Gasteiger charge is 1.97. The van der Waals surface area contributed by atoms with E-state index in [-0.39, 0.29) is 5.82 Å². The molecule has 1 N–H and O–H groups in total. The molecular weight excluding hydrogens is 229 g/mol. The summed E-state index contributed by atoms with van der Waals surface area (Å²) in [5, 5.41) is 3.18. The predicted molar refractivity (Wildman–Crippen MR) is 70.9 cm³/mol. The zero-order chi connectivity index (χ0) is 12.8. The van der Waals surface area contributed by atoms with Gasteiger partial charge in [-0.3, -0.25) is 0 Å². The predicted octanol–water partition coefficient (Wildman–Crippen LogP) is 3.58. The van der Waals surface area contributed by atoms with E-state index < -0.39 is 0 Å². The van der Waals surface area contributed by atoms with E-state index in [9.17, 15) is 4.39 Å². The molecule has 3 heteroatoms. The normalized spacial score (nSPS) is 10.3. The van der Waals surface area contributed by atoms with Gasteiger partial charge in [-0.1, -0.05) is 30.3 Å². The van der Waals surface area contributed by atoms with Gasteiger partial charge in [0.1, 0.15) is 5.82 Å². The van der Waals surface area contributed by atoms with Gasteiger partial charge in [-0.2, -0.15) is 0 Å². The first-order chi connectivity index (χ1) is 8.78. The van der Waals surface area contributed by atoms with Crippen LogP contribution < -0.4 is 5.32 Å². The van der Waals surface area contributed by atoms with Crippen LogP contribution in [0.15, 0.2) is 48.5 Å². The summed E-state index contributed by atoms with van der Waals surface area (Å²) in [6, 6.07) is 14.6. The van der Waals surface area contributed by atoms with E-state index in [1.165, 1.54) is 12.1 Å². The summed E-state index contributed by atoms with van der Waals surface area (Å²) in [5.41, 5.74) is 3.09. The Kier molecular flexibility index (Phi) is 4.31. The number of halogens is 1. The Labute approximate surface area is 106 Å². The summed E-state index contributed by atoms with van der Waals surface area (Å²) in [7, 11) is 1.68. The summed E-state index contributed by atoms with van der Waals surface area (Å²) >= 11 is 0. The van der Waals surface area contributed by atoms with Crippen LogP contribution in [0.3, 0.4) is 0 Å². The van der Waals surface area contributed by atoms with E-state index in [1.54, 1.807) is 13.2 Å². The Balaban J connectivity index is 1.93. The van der Waals surface area contributed by atoms with Crippen molar-refractivity contribution in [1.82, 2.24) is 0 Å². The summed E-state index contributed by atoms with van der Waals surface area (Å²) in [6.45, 7) is 1.30. The van der Waals surface area contributed by atoms with Crippen LogP contribution in [-0.2, 0) is 17.9 Å². The van der Waals surface area contributed by atoms with Crippen molar-refractivity contribution in [3.05, 3.63) is 65.5 Å². The third-order valence-corrected chi connectivity index (χ3v) is 2.66. The molecule has 0 fully saturated rings. The molecule has 94 valence electrons. The largest absolute Gasteiger partial charge is 0.381 e. The van der Waals surface area contributed by atoms with Gasteiger partial charge in [0, 0.05) is 19.3 Å². The van der Waals surface area contributed by atoms with Crippen LogP contribution in [0.4, 0.5) is 10.1 Å². The molecule has 2 aromatic carbocycles. The van der Waals surface area contributed by atoms with Gasteiger partial charge in [0.05, 0.1) is 6.61 Å². The number of nitrogens with one attached hydrogen (secondary N) is 1. The summed E-state index contributed by atoms with van der Waals surface area (Å²) in [5.74, 6) is -0.226. The average Bonchev–Trinajstić information content (AvgIpc) is 2.38. The van der Waals surface area contributed by atoms with Crippen molar-refractivity contribution in [1.29, 1.82) is 0 Å². The molecule has 0 bridgehead atoms. The maximum atomic E-state index is 13.0. The van der Waals surface area contributed by atoms with Gasteiger partial charge in [-0.25, -0.2) is 4.39 Å². The molecule has 0 spiro atoms. The zero-order valence-corrected chi connectivity index (χ0v) is 10.3. The van der Waals surface area contributed by atoms with Crippen molar-refractivity contribution in [3.63, 3.8) is 0 Å². The standard InChI is InChI=1S/C15H16FNO/c1-18-11-13-7-5-12(6-8-13)10-17-15-4-2-3-14(16)9-15/h2-9,17H,10-11H2,1H3. The number of benzene rings is 2. The van der Waals surface area contributed by atoms with Gasteiger partial charge < -0.3 is 10.1 Å². The minimum absolute atomic E-state index is 0.226. The molecule has 0 unspecified atom stereocenters. The van der Waals surface area contributed by atoms with Gasteiger partial charge in [-0.15, -0.1) is 0 Å². The Hall–Kier alpha value is -1.87. The number of hydrogen-bond donors (Lipinski definition) is 1. The number of rotatable bonds is 5. The highest BCUT2D eigenvalue weighted by molar-refractivity contribution is 5.43. The number of anilines is 1. The molecule has 0 saturated heterocycles. The quantitative estimate of drug-likeness (QED) is 0.869. The molecule has 2 aromatic rings.